The van der Waals surface area contributed by atoms with E-state index < -0.39 is 5.97 Å². The Morgan fingerprint density at radius 3 is 3.05 bits per heavy atom. The first-order chi connectivity index (χ1) is 10.2. The Bertz CT molecular complexity index is 635. The van der Waals surface area contributed by atoms with Gasteiger partial charge < -0.3 is 19.6 Å². The average molecular weight is 289 g/mol. The van der Waals surface area contributed by atoms with Crippen molar-refractivity contribution >= 4 is 11.8 Å². The van der Waals surface area contributed by atoms with Crippen LogP contribution >= 0.6 is 0 Å². The van der Waals surface area contributed by atoms with E-state index in [1.807, 2.05) is 6.07 Å². The number of hydrogen-bond acceptors (Lipinski definition) is 6. The minimum Gasteiger partial charge on any atom is -0.475 e. The standard InChI is InChI=1S/C14H15N3O4/c18-14(19)12-2-1-10(21-12)6-15-13-5-11(16-8-17-13)9-3-4-20-7-9/h1-2,5,8-9H,3-4,6-7H2,(H,18,19)(H,15,16,17)/t9-/m0/s1. The molecule has 7 nitrogen and oxygen atoms in total. The number of carboxylic acids is 1. The number of hydrogen-bond donors (Lipinski definition) is 2. The SMILES string of the molecule is O=C(O)c1ccc(CNc2cc([C@H]3CCOC3)ncn2)o1. The number of ether oxygens (including phenoxy) is 1. The average Bonchev–Trinajstić information content (AvgIpc) is 3.17. The molecule has 3 rings (SSSR count). The van der Waals surface area contributed by atoms with Crippen LogP contribution in [0.1, 0.15) is 34.3 Å². The highest BCUT2D eigenvalue weighted by Gasteiger charge is 2.19. The summed E-state index contributed by atoms with van der Waals surface area (Å²) >= 11 is 0. The fourth-order valence-electron chi connectivity index (χ4n) is 2.23. The molecular weight excluding hydrogens is 274 g/mol. The van der Waals surface area contributed by atoms with Crippen molar-refractivity contribution in [3.63, 3.8) is 0 Å². The lowest BCUT2D eigenvalue weighted by atomic mass is 10.1. The predicted molar refractivity (Wildman–Crippen MR) is 73.2 cm³/mol. The first-order valence-electron chi connectivity index (χ1n) is 6.68. The van der Waals surface area contributed by atoms with Gasteiger partial charge in [-0.1, -0.05) is 0 Å². The van der Waals surface area contributed by atoms with E-state index in [-0.39, 0.29) is 5.76 Å². The largest absolute Gasteiger partial charge is 0.475 e. The van der Waals surface area contributed by atoms with Gasteiger partial charge >= 0.3 is 5.97 Å². The van der Waals surface area contributed by atoms with E-state index in [1.165, 1.54) is 12.4 Å². The van der Waals surface area contributed by atoms with E-state index in [0.29, 0.717) is 30.6 Å². The Morgan fingerprint density at radius 2 is 2.33 bits per heavy atom. The van der Waals surface area contributed by atoms with Gasteiger partial charge in [0.25, 0.3) is 0 Å². The monoisotopic (exact) mass is 289 g/mol. The molecule has 0 aromatic carbocycles. The van der Waals surface area contributed by atoms with Crippen LogP contribution in [-0.2, 0) is 11.3 Å². The van der Waals surface area contributed by atoms with Gasteiger partial charge in [-0.15, -0.1) is 0 Å². The van der Waals surface area contributed by atoms with Crippen LogP contribution in [0, 0.1) is 0 Å². The fraction of sp³-hybridized carbons (Fsp3) is 0.357. The zero-order valence-corrected chi connectivity index (χ0v) is 11.3. The summed E-state index contributed by atoms with van der Waals surface area (Å²) in [6.45, 7) is 1.82. The van der Waals surface area contributed by atoms with Gasteiger partial charge in [0.1, 0.15) is 17.9 Å². The van der Waals surface area contributed by atoms with Crippen molar-refractivity contribution in [1.29, 1.82) is 0 Å². The predicted octanol–water partition coefficient (Wildman–Crippen LogP) is 1.88. The highest BCUT2D eigenvalue weighted by atomic mass is 16.5. The zero-order chi connectivity index (χ0) is 14.7. The summed E-state index contributed by atoms with van der Waals surface area (Å²) < 4.78 is 10.5. The van der Waals surface area contributed by atoms with E-state index >= 15 is 0 Å². The molecule has 2 aromatic heterocycles. The molecule has 0 saturated carbocycles. The maximum Gasteiger partial charge on any atom is 0.371 e. The van der Waals surface area contributed by atoms with Crippen molar-refractivity contribution in [3.05, 3.63) is 41.7 Å². The van der Waals surface area contributed by atoms with E-state index in [4.69, 9.17) is 14.3 Å². The Kier molecular flexibility index (Phi) is 3.83. The van der Waals surface area contributed by atoms with Crippen molar-refractivity contribution in [2.24, 2.45) is 0 Å². The first kappa shape index (κ1) is 13.6. The van der Waals surface area contributed by atoms with Gasteiger partial charge in [-0.2, -0.15) is 0 Å². The lowest BCUT2D eigenvalue weighted by Crippen LogP contribution is -2.05. The maximum absolute atomic E-state index is 10.7. The molecule has 3 heterocycles. The van der Waals surface area contributed by atoms with Crippen LogP contribution in [0.2, 0.25) is 0 Å². The van der Waals surface area contributed by atoms with Crippen LogP contribution in [-0.4, -0.2) is 34.3 Å². The second-order valence-electron chi connectivity index (χ2n) is 4.81. The second kappa shape index (κ2) is 5.92. The molecule has 0 radical (unpaired) electrons. The molecule has 1 fully saturated rings. The van der Waals surface area contributed by atoms with E-state index in [2.05, 4.69) is 15.3 Å². The van der Waals surface area contributed by atoms with Gasteiger partial charge in [-0.25, -0.2) is 14.8 Å². The van der Waals surface area contributed by atoms with Crippen LogP contribution in [0.15, 0.2) is 28.9 Å². The Balaban J connectivity index is 1.64. The number of carboxylic acid groups (broad SMARTS) is 1. The van der Waals surface area contributed by atoms with Crippen molar-refractivity contribution in [1.82, 2.24) is 9.97 Å². The minimum absolute atomic E-state index is 0.0710. The molecule has 2 N–H and O–H groups in total. The molecule has 1 aliphatic rings. The smallest absolute Gasteiger partial charge is 0.371 e. The topological polar surface area (TPSA) is 97.5 Å². The second-order valence-corrected chi connectivity index (χ2v) is 4.81. The van der Waals surface area contributed by atoms with Crippen molar-refractivity contribution < 1.29 is 19.1 Å². The molecule has 0 amide bonds. The summed E-state index contributed by atoms with van der Waals surface area (Å²) in [6.07, 6.45) is 2.48. The molecule has 0 spiro atoms. The third-order valence-corrected chi connectivity index (χ3v) is 3.35. The summed E-state index contributed by atoms with van der Waals surface area (Å²) in [7, 11) is 0. The number of aromatic nitrogens is 2. The van der Waals surface area contributed by atoms with E-state index in [0.717, 1.165) is 18.7 Å². The van der Waals surface area contributed by atoms with Crippen LogP contribution in [0.25, 0.3) is 0 Å². The summed E-state index contributed by atoms with van der Waals surface area (Å²) in [4.78, 5) is 19.2. The number of aromatic carboxylic acids is 1. The lowest BCUT2D eigenvalue weighted by Gasteiger charge is -2.09. The molecule has 21 heavy (non-hydrogen) atoms. The van der Waals surface area contributed by atoms with Crippen LogP contribution in [0.5, 0.6) is 0 Å². The molecule has 1 aliphatic heterocycles. The summed E-state index contributed by atoms with van der Waals surface area (Å²) in [5.74, 6) is 0.387. The van der Waals surface area contributed by atoms with E-state index in [9.17, 15) is 4.79 Å². The number of nitrogens with zero attached hydrogens (tertiary/aromatic N) is 2. The molecule has 0 unspecified atom stereocenters. The fourth-order valence-corrected chi connectivity index (χ4v) is 2.23. The zero-order valence-electron chi connectivity index (χ0n) is 11.3. The number of carbonyl (C=O) groups is 1. The molecule has 2 aromatic rings. The van der Waals surface area contributed by atoms with Crippen molar-refractivity contribution in [3.8, 4) is 0 Å². The number of anilines is 1. The van der Waals surface area contributed by atoms with Gasteiger partial charge in [0.2, 0.25) is 5.76 Å². The summed E-state index contributed by atoms with van der Waals surface area (Å²) in [6, 6.07) is 4.95. The lowest BCUT2D eigenvalue weighted by molar-refractivity contribution is 0.0660. The van der Waals surface area contributed by atoms with Crippen LogP contribution in [0.4, 0.5) is 5.82 Å². The summed E-state index contributed by atoms with van der Waals surface area (Å²) in [5.41, 5.74) is 0.954. The Labute approximate surface area is 121 Å². The highest BCUT2D eigenvalue weighted by Crippen LogP contribution is 2.24. The molecular formula is C14H15N3O4. The quantitative estimate of drug-likeness (QED) is 0.867. The molecule has 0 bridgehead atoms. The highest BCUT2D eigenvalue weighted by molar-refractivity contribution is 5.84. The van der Waals surface area contributed by atoms with Gasteiger partial charge in [0, 0.05) is 18.6 Å². The van der Waals surface area contributed by atoms with Crippen molar-refractivity contribution in [2.45, 2.75) is 18.9 Å². The summed E-state index contributed by atoms with van der Waals surface area (Å²) in [5, 5.41) is 11.9. The van der Waals surface area contributed by atoms with Crippen LogP contribution in [0.3, 0.4) is 0 Å². The maximum atomic E-state index is 10.7. The third-order valence-electron chi connectivity index (χ3n) is 3.35. The molecule has 110 valence electrons. The van der Waals surface area contributed by atoms with Gasteiger partial charge in [0.05, 0.1) is 18.8 Å². The molecule has 7 heteroatoms. The van der Waals surface area contributed by atoms with Gasteiger partial charge in [-0.05, 0) is 18.6 Å². The number of nitrogens with one attached hydrogen (secondary N) is 1. The Hall–Kier alpha value is -2.41. The Morgan fingerprint density at radius 1 is 1.43 bits per heavy atom. The van der Waals surface area contributed by atoms with Gasteiger partial charge in [-0.3, -0.25) is 0 Å². The van der Waals surface area contributed by atoms with Gasteiger partial charge in [0.15, 0.2) is 0 Å². The normalized spacial score (nSPS) is 17.8. The molecule has 1 saturated heterocycles. The third kappa shape index (κ3) is 3.19. The minimum atomic E-state index is -1.08. The molecule has 1 atom stereocenters. The first-order valence-corrected chi connectivity index (χ1v) is 6.68. The number of furan rings is 1. The molecule has 0 aliphatic carbocycles. The van der Waals surface area contributed by atoms with E-state index in [1.54, 1.807) is 6.07 Å². The number of rotatable bonds is 5. The van der Waals surface area contributed by atoms with Crippen LogP contribution < -0.4 is 5.32 Å². The van der Waals surface area contributed by atoms with Crippen molar-refractivity contribution in [2.75, 3.05) is 18.5 Å².